The second-order valence-corrected chi connectivity index (χ2v) is 9.07. The Labute approximate surface area is 201 Å². The number of amides is 1. The van der Waals surface area contributed by atoms with Crippen LogP contribution in [0.4, 0.5) is 0 Å². The van der Waals surface area contributed by atoms with Gasteiger partial charge in [0.15, 0.2) is 5.82 Å². The Morgan fingerprint density at radius 1 is 1.14 bits per heavy atom. The zero-order valence-corrected chi connectivity index (χ0v) is 19.1. The van der Waals surface area contributed by atoms with Crippen LogP contribution < -0.4 is 0 Å². The summed E-state index contributed by atoms with van der Waals surface area (Å²) in [6, 6.07) is 9.76. The first-order valence-corrected chi connectivity index (χ1v) is 11.8. The lowest BCUT2D eigenvalue weighted by atomic mass is 9.96. The number of carbonyl (C=O) groups excluding carboxylic acids is 2. The molecule has 2 saturated heterocycles. The molecule has 0 spiro atoms. The van der Waals surface area contributed by atoms with Gasteiger partial charge in [0, 0.05) is 38.8 Å². The van der Waals surface area contributed by atoms with E-state index in [1.807, 2.05) is 23.1 Å². The lowest BCUT2D eigenvalue weighted by Gasteiger charge is -2.46. The van der Waals surface area contributed by atoms with Crippen molar-refractivity contribution < 1.29 is 19.1 Å². The number of nitrogens with zero attached hydrogens (tertiary/aromatic N) is 7. The van der Waals surface area contributed by atoms with E-state index >= 15 is 0 Å². The van der Waals surface area contributed by atoms with Gasteiger partial charge in [-0.05, 0) is 39.2 Å². The number of morpholine rings is 1. The normalized spacial score (nSPS) is 22.3. The lowest BCUT2D eigenvalue weighted by Crippen LogP contribution is -2.59. The smallest absolute Gasteiger partial charge is 0.338 e. The minimum absolute atomic E-state index is 0.0403. The SMILES string of the molecule is O=C1OCCc2cc(C3CN4CCN(C(=O)Cc5ccc(-n6cnnn6)nc5)CC4CO3)ccc21. The van der Waals surface area contributed by atoms with E-state index in [0.29, 0.717) is 44.1 Å². The number of hydrogen-bond donors (Lipinski definition) is 0. The second kappa shape index (κ2) is 9.16. The van der Waals surface area contributed by atoms with E-state index < -0.39 is 0 Å². The minimum atomic E-state index is -0.248. The maximum atomic E-state index is 13.0. The van der Waals surface area contributed by atoms with E-state index in [2.05, 4.69) is 31.5 Å². The van der Waals surface area contributed by atoms with Crippen LogP contribution in [0, 0.1) is 0 Å². The van der Waals surface area contributed by atoms with E-state index in [1.54, 1.807) is 12.3 Å². The van der Waals surface area contributed by atoms with Crippen LogP contribution in [0.15, 0.2) is 42.9 Å². The third-order valence-electron chi connectivity index (χ3n) is 6.92. The van der Waals surface area contributed by atoms with E-state index in [1.165, 1.54) is 11.0 Å². The van der Waals surface area contributed by atoms with Crippen molar-refractivity contribution in [2.75, 3.05) is 39.4 Å². The maximum absolute atomic E-state index is 13.0. The molecule has 3 aliphatic heterocycles. The number of rotatable bonds is 4. The van der Waals surface area contributed by atoms with Gasteiger partial charge in [-0.25, -0.2) is 9.78 Å². The molecule has 0 bridgehead atoms. The molecule has 6 rings (SSSR count). The summed E-state index contributed by atoms with van der Waals surface area (Å²) in [6.07, 6.45) is 4.17. The van der Waals surface area contributed by atoms with Crippen LogP contribution in [0.5, 0.6) is 0 Å². The molecule has 3 aliphatic rings. The number of hydrogen-bond acceptors (Lipinski definition) is 9. The quantitative estimate of drug-likeness (QED) is 0.500. The first-order chi connectivity index (χ1) is 17.1. The predicted molar refractivity (Wildman–Crippen MR) is 122 cm³/mol. The molecule has 0 saturated carbocycles. The van der Waals surface area contributed by atoms with Crippen molar-refractivity contribution in [2.45, 2.75) is 25.0 Å². The summed E-state index contributed by atoms with van der Waals surface area (Å²) < 4.78 is 12.8. The maximum Gasteiger partial charge on any atom is 0.338 e. The highest BCUT2D eigenvalue weighted by molar-refractivity contribution is 5.92. The number of pyridine rings is 1. The van der Waals surface area contributed by atoms with Crippen LogP contribution in [0.2, 0.25) is 0 Å². The Hall–Kier alpha value is -3.70. The van der Waals surface area contributed by atoms with Gasteiger partial charge < -0.3 is 14.4 Å². The van der Waals surface area contributed by atoms with E-state index in [-0.39, 0.29) is 24.0 Å². The Morgan fingerprint density at radius 2 is 2.09 bits per heavy atom. The van der Waals surface area contributed by atoms with E-state index in [4.69, 9.17) is 9.47 Å². The number of aromatic nitrogens is 5. The monoisotopic (exact) mass is 475 g/mol. The van der Waals surface area contributed by atoms with E-state index in [0.717, 1.165) is 36.2 Å². The summed E-state index contributed by atoms with van der Waals surface area (Å²) >= 11 is 0. The molecule has 5 heterocycles. The van der Waals surface area contributed by atoms with Gasteiger partial charge >= 0.3 is 5.97 Å². The first kappa shape index (κ1) is 21.8. The molecular formula is C24H25N7O4. The van der Waals surface area contributed by atoms with Crippen molar-refractivity contribution in [2.24, 2.45) is 0 Å². The summed E-state index contributed by atoms with van der Waals surface area (Å²) in [5.41, 5.74) is 3.62. The fraction of sp³-hybridized carbons (Fsp3) is 0.417. The Morgan fingerprint density at radius 3 is 2.91 bits per heavy atom. The van der Waals surface area contributed by atoms with Gasteiger partial charge in [0.1, 0.15) is 6.33 Å². The van der Waals surface area contributed by atoms with Crippen molar-refractivity contribution in [3.63, 3.8) is 0 Å². The average Bonchev–Trinajstić information content (AvgIpc) is 3.43. The number of benzene rings is 1. The number of esters is 1. The standard InChI is InChI=1S/C24H25N7O4/c32-23(9-16-1-4-22(25-11-16)31-15-26-27-28-31)30-7-6-29-13-21(35-14-19(29)12-30)18-2-3-20-17(10-18)5-8-34-24(20)33/h1-4,10-11,15,19,21H,5-9,12-14H2. The van der Waals surface area contributed by atoms with Gasteiger partial charge in [0.05, 0.1) is 37.3 Å². The molecule has 11 heteroatoms. The molecule has 2 unspecified atom stereocenters. The molecule has 0 N–H and O–H groups in total. The van der Waals surface area contributed by atoms with Gasteiger partial charge in [-0.1, -0.05) is 18.2 Å². The van der Waals surface area contributed by atoms with Gasteiger partial charge in [0.25, 0.3) is 0 Å². The van der Waals surface area contributed by atoms with Crippen LogP contribution >= 0.6 is 0 Å². The summed E-state index contributed by atoms with van der Waals surface area (Å²) in [5.74, 6) is 0.445. The third-order valence-corrected chi connectivity index (χ3v) is 6.92. The van der Waals surface area contributed by atoms with Gasteiger partial charge in [0.2, 0.25) is 5.91 Å². The van der Waals surface area contributed by atoms with Gasteiger partial charge in [-0.15, -0.1) is 5.10 Å². The molecule has 11 nitrogen and oxygen atoms in total. The predicted octanol–water partition coefficient (Wildman–Crippen LogP) is 0.597. The molecule has 1 aromatic carbocycles. The topological polar surface area (TPSA) is 116 Å². The number of carbonyl (C=O) groups is 2. The highest BCUT2D eigenvalue weighted by atomic mass is 16.5. The van der Waals surface area contributed by atoms with E-state index in [9.17, 15) is 9.59 Å². The summed E-state index contributed by atoms with van der Waals surface area (Å²) in [6.45, 7) is 3.92. The van der Waals surface area contributed by atoms with Crippen LogP contribution in [-0.2, 0) is 27.1 Å². The molecule has 180 valence electrons. The summed E-state index contributed by atoms with van der Waals surface area (Å²) in [7, 11) is 0. The van der Waals surface area contributed by atoms with Crippen molar-refractivity contribution >= 4 is 11.9 Å². The number of cyclic esters (lactones) is 1. The number of piperazine rings is 1. The number of fused-ring (bicyclic) bond motifs is 2. The van der Waals surface area contributed by atoms with Crippen molar-refractivity contribution in [1.82, 2.24) is 35.0 Å². The minimum Gasteiger partial charge on any atom is -0.462 e. The van der Waals surface area contributed by atoms with Crippen LogP contribution in [0.3, 0.4) is 0 Å². The molecule has 0 aliphatic carbocycles. The van der Waals surface area contributed by atoms with Crippen LogP contribution in [0.1, 0.15) is 33.2 Å². The molecular weight excluding hydrogens is 450 g/mol. The molecule has 1 amide bonds. The van der Waals surface area contributed by atoms with Gasteiger partial charge in [-0.3, -0.25) is 9.69 Å². The Bertz CT molecular complexity index is 1230. The Balaban J connectivity index is 1.05. The third kappa shape index (κ3) is 4.40. The summed E-state index contributed by atoms with van der Waals surface area (Å²) in [5, 5.41) is 11.0. The molecule has 3 aromatic rings. The zero-order valence-electron chi connectivity index (χ0n) is 19.1. The molecule has 2 aromatic heterocycles. The highest BCUT2D eigenvalue weighted by Gasteiger charge is 2.36. The first-order valence-electron chi connectivity index (χ1n) is 11.8. The molecule has 0 radical (unpaired) electrons. The average molecular weight is 476 g/mol. The fourth-order valence-electron chi connectivity index (χ4n) is 4.97. The van der Waals surface area contributed by atoms with Crippen molar-refractivity contribution in [3.05, 3.63) is 65.1 Å². The summed E-state index contributed by atoms with van der Waals surface area (Å²) in [4.78, 5) is 33.6. The zero-order chi connectivity index (χ0) is 23.8. The fourth-order valence-corrected chi connectivity index (χ4v) is 4.97. The number of ether oxygens (including phenoxy) is 2. The van der Waals surface area contributed by atoms with Crippen LogP contribution in [-0.4, -0.2) is 92.3 Å². The second-order valence-electron chi connectivity index (χ2n) is 9.07. The van der Waals surface area contributed by atoms with Crippen molar-refractivity contribution in [1.29, 1.82) is 0 Å². The molecule has 35 heavy (non-hydrogen) atoms. The molecule has 2 fully saturated rings. The number of tetrazole rings is 1. The van der Waals surface area contributed by atoms with Crippen LogP contribution in [0.25, 0.3) is 5.82 Å². The molecule has 2 atom stereocenters. The lowest BCUT2D eigenvalue weighted by molar-refractivity contribution is -0.139. The van der Waals surface area contributed by atoms with Crippen molar-refractivity contribution in [3.8, 4) is 5.82 Å². The Kier molecular flexibility index (Phi) is 5.71. The largest absolute Gasteiger partial charge is 0.462 e. The van der Waals surface area contributed by atoms with Gasteiger partial charge in [-0.2, -0.15) is 4.68 Å². The highest BCUT2D eigenvalue weighted by Crippen LogP contribution is 2.29.